The molecule has 0 aliphatic rings. The molecule has 1 atom stereocenters. The fourth-order valence-electron chi connectivity index (χ4n) is 1.57. The minimum Gasteiger partial charge on any atom is -0.313 e. The minimum atomic E-state index is 0.591. The lowest BCUT2D eigenvalue weighted by Gasteiger charge is -2.16. The Hall–Kier alpha value is -0.730. The highest BCUT2D eigenvalue weighted by atomic mass is 32.2. The van der Waals surface area contributed by atoms with Crippen LogP contribution < -0.4 is 5.32 Å². The van der Waals surface area contributed by atoms with E-state index in [0.717, 1.165) is 18.7 Å². The molecule has 16 heavy (non-hydrogen) atoms. The summed E-state index contributed by atoms with van der Waals surface area (Å²) in [5, 5.41) is 3.52. The van der Waals surface area contributed by atoms with Crippen molar-refractivity contribution < 1.29 is 0 Å². The second-order valence-electron chi connectivity index (χ2n) is 3.74. The van der Waals surface area contributed by atoms with Crippen LogP contribution in [-0.4, -0.2) is 18.3 Å². The summed E-state index contributed by atoms with van der Waals surface area (Å²) in [6.45, 7) is 6.98. The summed E-state index contributed by atoms with van der Waals surface area (Å²) in [5.74, 6) is 1.13. The fourth-order valence-corrected chi connectivity index (χ4v) is 2.59. The predicted molar refractivity (Wildman–Crippen MR) is 74.1 cm³/mol. The molecule has 0 aliphatic heterocycles. The van der Waals surface area contributed by atoms with E-state index in [0.29, 0.717) is 6.04 Å². The molecule has 1 unspecified atom stereocenters. The van der Waals surface area contributed by atoms with Crippen molar-refractivity contribution in [3.8, 4) is 0 Å². The van der Waals surface area contributed by atoms with E-state index in [-0.39, 0.29) is 0 Å². The van der Waals surface area contributed by atoms with Crippen molar-refractivity contribution >= 4 is 11.8 Å². The van der Waals surface area contributed by atoms with Crippen molar-refractivity contribution in [3.05, 3.63) is 43.0 Å². The Balaban J connectivity index is 2.34. The first-order valence-electron chi connectivity index (χ1n) is 5.89. The topological polar surface area (TPSA) is 12.0 Å². The molecule has 1 aromatic rings. The maximum absolute atomic E-state index is 3.78. The molecule has 1 N–H and O–H groups in total. The average molecular weight is 235 g/mol. The molecule has 0 spiro atoms. The van der Waals surface area contributed by atoms with E-state index in [1.165, 1.54) is 11.3 Å². The number of rotatable bonds is 8. The van der Waals surface area contributed by atoms with Crippen LogP contribution in [0, 0.1) is 0 Å². The Morgan fingerprint density at radius 1 is 1.38 bits per heavy atom. The van der Waals surface area contributed by atoms with Gasteiger partial charge in [0.15, 0.2) is 0 Å². The van der Waals surface area contributed by atoms with E-state index in [1.54, 1.807) is 0 Å². The highest BCUT2D eigenvalue weighted by molar-refractivity contribution is 7.99. The van der Waals surface area contributed by atoms with Gasteiger partial charge in [0.25, 0.3) is 0 Å². The normalized spacial score (nSPS) is 12.3. The predicted octanol–water partition coefficient (Wildman–Crippen LogP) is 3.72. The number of hydrogen-bond donors (Lipinski definition) is 1. The van der Waals surface area contributed by atoms with Crippen LogP contribution in [0.1, 0.15) is 19.8 Å². The number of hydrogen-bond acceptors (Lipinski definition) is 2. The summed E-state index contributed by atoms with van der Waals surface area (Å²) >= 11 is 1.92. The van der Waals surface area contributed by atoms with Gasteiger partial charge in [0.1, 0.15) is 0 Å². The zero-order valence-corrected chi connectivity index (χ0v) is 10.8. The van der Waals surface area contributed by atoms with E-state index in [1.807, 2.05) is 17.8 Å². The Kier molecular flexibility index (Phi) is 7.02. The first-order valence-corrected chi connectivity index (χ1v) is 6.87. The van der Waals surface area contributed by atoms with E-state index >= 15 is 0 Å². The van der Waals surface area contributed by atoms with Gasteiger partial charge in [-0.1, -0.05) is 31.2 Å². The van der Waals surface area contributed by atoms with Crippen LogP contribution >= 0.6 is 11.8 Å². The van der Waals surface area contributed by atoms with Gasteiger partial charge in [0.05, 0.1) is 0 Å². The molecule has 1 rings (SSSR count). The molecule has 88 valence electrons. The van der Waals surface area contributed by atoms with E-state index in [4.69, 9.17) is 0 Å². The number of allylic oxidation sites excluding steroid dienone is 1. The van der Waals surface area contributed by atoms with E-state index < -0.39 is 0 Å². The average Bonchev–Trinajstić information content (AvgIpc) is 2.34. The van der Waals surface area contributed by atoms with Crippen LogP contribution in [0.5, 0.6) is 0 Å². The van der Waals surface area contributed by atoms with Crippen LogP contribution in [0.25, 0.3) is 0 Å². The summed E-state index contributed by atoms with van der Waals surface area (Å²) in [5.41, 5.74) is 0. The largest absolute Gasteiger partial charge is 0.313 e. The molecule has 0 amide bonds. The maximum Gasteiger partial charge on any atom is 0.0164 e. The second-order valence-corrected chi connectivity index (χ2v) is 4.84. The van der Waals surface area contributed by atoms with Gasteiger partial charge in [-0.3, -0.25) is 0 Å². The third-order valence-corrected chi connectivity index (χ3v) is 3.58. The summed E-state index contributed by atoms with van der Waals surface area (Å²) in [6.07, 6.45) is 4.27. The van der Waals surface area contributed by atoms with Gasteiger partial charge in [0, 0.05) is 16.7 Å². The van der Waals surface area contributed by atoms with Crippen LogP contribution in [-0.2, 0) is 0 Å². The quantitative estimate of drug-likeness (QED) is 0.544. The van der Waals surface area contributed by atoms with Crippen molar-refractivity contribution in [3.63, 3.8) is 0 Å². The van der Waals surface area contributed by atoms with Crippen LogP contribution in [0.2, 0.25) is 0 Å². The Morgan fingerprint density at radius 2 is 2.12 bits per heavy atom. The summed E-state index contributed by atoms with van der Waals surface area (Å²) < 4.78 is 0. The third kappa shape index (κ3) is 5.38. The third-order valence-electron chi connectivity index (χ3n) is 2.41. The molecule has 0 saturated heterocycles. The SMILES string of the molecule is C=CCCC(CSc1ccccc1)NCC. The van der Waals surface area contributed by atoms with E-state index in [9.17, 15) is 0 Å². The van der Waals surface area contributed by atoms with Gasteiger partial charge in [-0.15, -0.1) is 18.3 Å². The standard InChI is InChI=1S/C14H21NS/c1-3-5-9-13(15-4-2)12-16-14-10-7-6-8-11-14/h3,6-8,10-11,13,15H,1,4-5,9,12H2,2H3. The molecule has 0 fully saturated rings. The molecule has 0 heterocycles. The lowest BCUT2D eigenvalue weighted by molar-refractivity contribution is 0.542. The zero-order valence-electron chi connectivity index (χ0n) is 9.99. The van der Waals surface area contributed by atoms with Gasteiger partial charge >= 0.3 is 0 Å². The van der Waals surface area contributed by atoms with Crippen LogP contribution in [0.3, 0.4) is 0 Å². The van der Waals surface area contributed by atoms with Crippen molar-refractivity contribution in [2.45, 2.75) is 30.7 Å². The van der Waals surface area contributed by atoms with Gasteiger partial charge in [-0.25, -0.2) is 0 Å². The first kappa shape index (κ1) is 13.3. The van der Waals surface area contributed by atoms with Gasteiger partial charge in [-0.2, -0.15) is 0 Å². The number of benzene rings is 1. The summed E-state index contributed by atoms with van der Waals surface area (Å²) in [6, 6.07) is 11.2. The van der Waals surface area contributed by atoms with Crippen molar-refractivity contribution in [2.75, 3.05) is 12.3 Å². The summed E-state index contributed by atoms with van der Waals surface area (Å²) in [4.78, 5) is 1.35. The molecule has 1 aromatic carbocycles. The maximum atomic E-state index is 3.78. The first-order chi connectivity index (χ1) is 7.86. The minimum absolute atomic E-state index is 0.591. The molecule has 0 bridgehead atoms. The van der Waals surface area contributed by atoms with Gasteiger partial charge < -0.3 is 5.32 Å². The zero-order chi connectivity index (χ0) is 11.6. The van der Waals surface area contributed by atoms with Crippen molar-refractivity contribution in [2.24, 2.45) is 0 Å². The Morgan fingerprint density at radius 3 is 2.75 bits per heavy atom. The second kappa shape index (κ2) is 8.43. The highest BCUT2D eigenvalue weighted by Crippen LogP contribution is 2.19. The molecular formula is C14H21NS. The lowest BCUT2D eigenvalue weighted by atomic mass is 10.2. The number of thioether (sulfide) groups is 1. The number of nitrogens with one attached hydrogen (secondary N) is 1. The fraction of sp³-hybridized carbons (Fsp3) is 0.429. The van der Waals surface area contributed by atoms with Gasteiger partial charge in [0.2, 0.25) is 0 Å². The molecule has 0 aromatic heterocycles. The highest BCUT2D eigenvalue weighted by Gasteiger charge is 2.06. The van der Waals surface area contributed by atoms with Crippen LogP contribution in [0.4, 0.5) is 0 Å². The molecule has 0 radical (unpaired) electrons. The monoisotopic (exact) mass is 235 g/mol. The van der Waals surface area contributed by atoms with E-state index in [2.05, 4.69) is 49.2 Å². The lowest BCUT2D eigenvalue weighted by Crippen LogP contribution is -2.30. The van der Waals surface area contributed by atoms with Crippen molar-refractivity contribution in [1.82, 2.24) is 5.32 Å². The molecule has 1 nitrogen and oxygen atoms in total. The molecular weight excluding hydrogens is 214 g/mol. The van der Waals surface area contributed by atoms with Crippen LogP contribution in [0.15, 0.2) is 47.9 Å². The summed E-state index contributed by atoms with van der Waals surface area (Å²) in [7, 11) is 0. The Bertz CT molecular complexity index is 284. The molecule has 2 heteroatoms. The van der Waals surface area contributed by atoms with Gasteiger partial charge in [-0.05, 0) is 31.5 Å². The van der Waals surface area contributed by atoms with Crippen molar-refractivity contribution in [1.29, 1.82) is 0 Å². The molecule has 0 aliphatic carbocycles. The molecule has 0 saturated carbocycles. The smallest absolute Gasteiger partial charge is 0.0164 e. The Labute approximate surface area is 103 Å².